The minimum absolute atomic E-state index is 0.132. The summed E-state index contributed by atoms with van der Waals surface area (Å²) in [4.78, 5) is 46.1. The van der Waals surface area contributed by atoms with Gasteiger partial charge in [-0.25, -0.2) is 9.36 Å². The first-order valence-electron chi connectivity index (χ1n) is 24.3. The van der Waals surface area contributed by atoms with Gasteiger partial charge >= 0.3 is 19.8 Å². The average molecular weight is 894 g/mol. The summed E-state index contributed by atoms with van der Waals surface area (Å²) in [7, 11) is -4.77. The van der Waals surface area contributed by atoms with Crippen LogP contribution < -0.4 is 5.32 Å². The number of carboxylic acids is 1. The quantitative estimate of drug-likeness (QED) is 0.0200. The molecule has 358 valence electrons. The van der Waals surface area contributed by atoms with Gasteiger partial charge in [0, 0.05) is 12.8 Å². The molecule has 62 heavy (non-hydrogen) atoms. The number of hydrogen-bond acceptors (Lipinski definition) is 8. The number of esters is 1. The molecule has 0 aromatic carbocycles. The highest BCUT2D eigenvalue weighted by Crippen LogP contribution is 2.43. The van der Waals surface area contributed by atoms with Gasteiger partial charge in [-0.2, -0.15) is 0 Å². The van der Waals surface area contributed by atoms with Crippen LogP contribution in [0.5, 0.6) is 0 Å². The Morgan fingerprint density at radius 1 is 0.532 bits per heavy atom. The summed E-state index contributed by atoms with van der Waals surface area (Å²) in [6.45, 7) is 2.46. The van der Waals surface area contributed by atoms with Crippen LogP contribution in [0.15, 0.2) is 60.8 Å². The van der Waals surface area contributed by atoms with Gasteiger partial charge in [-0.05, 0) is 77.0 Å². The van der Waals surface area contributed by atoms with E-state index in [9.17, 15) is 34.1 Å². The molecule has 0 aliphatic heterocycles. The number of phosphoric acid groups is 1. The van der Waals surface area contributed by atoms with E-state index in [0.29, 0.717) is 12.8 Å². The third-order valence-electron chi connectivity index (χ3n) is 10.3. The number of amides is 1. The minimum atomic E-state index is -4.77. The molecule has 3 atom stereocenters. The number of ether oxygens (including phenoxy) is 1. The number of carbonyl (C=O) groups excluding carboxylic acids is 2. The van der Waals surface area contributed by atoms with E-state index in [1.807, 2.05) is 0 Å². The summed E-state index contributed by atoms with van der Waals surface area (Å²) < 4.78 is 26.9. The van der Waals surface area contributed by atoms with Crippen LogP contribution in [0, 0.1) is 0 Å². The molecule has 0 aromatic heterocycles. The van der Waals surface area contributed by atoms with Gasteiger partial charge in [0.25, 0.3) is 0 Å². The van der Waals surface area contributed by atoms with Gasteiger partial charge in [-0.15, -0.1) is 0 Å². The maximum absolute atomic E-state index is 12.3. The average Bonchev–Trinajstić information content (AvgIpc) is 3.25. The molecular formula is C50H88NO10P. The van der Waals surface area contributed by atoms with E-state index in [4.69, 9.17) is 13.8 Å². The van der Waals surface area contributed by atoms with Gasteiger partial charge in [-0.1, -0.05) is 177 Å². The predicted octanol–water partition coefficient (Wildman–Crippen LogP) is 13.1. The maximum Gasteiger partial charge on any atom is 0.472 e. The Morgan fingerprint density at radius 3 is 1.40 bits per heavy atom. The number of rotatable bonds is 45. The Hall–Kier alpha value is -2.82. The van der Waals surface area contributed by atoms with Crippen molar-refractivity contribution >= 4 is 25.7 Å². The van der Waals surface area contributed by atoms with Crippen molar-refractivity contribution in [1.82, 2.24) is 5.32 Å². The van der Waals surface area contributed by atoms with Crippen molar-refractivity contribution < 1.29 is 47.8 Å². The second kappa shape index (κ2) is 44.8. The van der Waals surface area contributed by atoms with Crippen molar-refractivity contribution in [1.29, 1.82) is 0 Å². The van der Waals surface area contributed by atoms with Crippen LogP contribution in [0.3, 0.4) is 0 Å². The number of phosphoric ester groups is 1. The number of aliphatic hydroxyl groups excluding tert-OH is 1. The van der Waals surface area contributed by atoms with E-state index in [0.717, 1.165) is 89.9 Å². The van der Waals surface area contributed by atoms with Crippen LogP contribution in [-0.4, -0.2) is 64.9 Å². The molecule has 0 saturated carbocycles. The highest BCUT2D eigenvalue weighted by molar-refractivity contribution is 7.47. The molecule has 0 spiro atoms. The lowest BCUT2D eigenvalue weighted by atomic mass is 10.0. The monoisotopic (exact) mass is 894 g/mol. The lowest BCUT2D eigenvalue weighted by molar-refractivity contribution is -0.147. The summed E-state index contributed by atoms with van der Waals surface area (Å²) >= 11 is 0. The van der Waals surface area contributed by atoms with Crippen LogP contribution in [0.1, 0.15) is 206 Å². The number of aliphatic hydroxyl groups is 1. The Morgan fingerprint density at radius 2 is 0.935 bits per heavy atom. The molecule has 0 aromatic rings. The smallest absolute Gasteiger partial charge is 0.472 e. The van der Waals surface area contributed by atoms with Gasteiger partial charge in [0.15, 0.2) is 6.04 Å². The summed E-state index contributed by atoms with van der Waals surface area (Å²) in [6.07, 6.45) is 52.4. The number of carboxylic acid groups (broad SMARTS) is 1. The van der Waals surface area contributed by atoms with Crippen LogP contribution >= 0.6 is 7.82 Å². The molecule has 11 nitrogen and oxygen atoms in total. The second-order valence-corrected chi connectivity index (χ2v) is 17.7. The van der Waals surface area contributed by atoms with Crippen LogP contribution in [0.25, 0.3) is 0 Å². The van der Waals surface area contributed by atoms with Crippen molar-refractivity contribution in [2.45, 2.75) is 219 Å². The molecule has 0 heterocycles. The highest BCUT2D eigenvalue weighted by atomic mass is 31.2. The van der Waals surface area contributed by atoms with E-state index in [1.54, 1.807) is 0 Å². The zero-order chi connectivity index (χ0) is 45.6. The first-order chi connectivity index (χ1) is 30.1. The van der Waals surface area contributed by atoms with E-state index >= 15 is 0 Å². The molecule has 1 amide bonds. The first kappa shape index (κ1) is 59.2. The highest BCUT2D eigenvalue weighted by Gasteiger charge is 2.28. The Labute approximate surface area is 376 Å². The lowest BCUT2D eigenvalue weighted by Gasteiger charge is -2.18. The fraction of sp³-hybridized carbons (Fsp3) is 0.740. The number of unbranched alkanes of at least 4 members (excludes halogenated alkanes) is 21. The molecule has 0 fully saturated rings. The largest absolute Gasteiger partial charge is 0.480 e. The van der Waals surface area contributed by atoms with Gasteiger partial charge in [0.05, 0.1) is 13.2 Å². The van der Waals surface area contributed by atoms with E-state index in [2.05, 4.69) is 79.9 Å². The summed E-state index contributed by atoms with van der Waals surface area (Å²) in [5, 5.41) is 21.9. The zero-order valence-corrected chi connectivity index (χ0v) is 39.8. The van der Waals surface area contributed by atoms with Crippen LogP contribution in [-0.2, 0) is 32.7 Å². The molecule has 12 heteroatoms. The van der Waals surface area contributed by atoms with Gasteiger partial charge in [0.1, 0.15) is 12.7 Å². The molecule has 0 radical (unpaired) electrons. The molecule has 3 unspecified atom stereocenters. The molecule has 0 saturated heterocycles. The Kier molecular flexibility index (Phi) is 42.7. The van der Waals surface area contributed by atoms with Gasteiger partial charge in [-0.3, -0.25) is 18.6 Å². The first-order valence-corrected chi connectivity index (χ1v) is 25.8. The number of allylic oxidation sites excluding steroid dienone is 10. The normalized spacial score (nSPS) is 14.1. The fourth-order valence-electron chi connectivity index (χ4n) is 6.54. The van der Waals surface area contributed by atoms with Crippen molar-refractivity contribution in [3.63, 3.8) is 0 Å². The summed E-state index contributed by atoms with van der Waals surface area (Å²) in [5.41, 5.74) is 0. The SMILES string of the molecule is CC/C=C\C/C=C\C/C=C\CCCCCCCCCC(=O)NC(COP(=O)(O)OCC(O)COC(=O)CCCCCCCCCCCCC/C=C\C/C=C\CCCCC)C(=O)O. The second-order valence-electron chi connectivity index (χ2n) is 16.3. The maximum atomic E-state index is 12.3. The molecule has 0 rings (SSSR count). The Bertz CT molecular complexity index is 1280. The lowest BCUT2D eigenvalue weighted by Crippen LogP contribution is -2.43. The topological polar surface area (TPSA) is 169 Å². The third kappa shape index (κ3) is 43.8. The molecule has 0 aliphatic rings. The minimum Gasteiger partial charge on any atom is -0.480 e. The summed E-state index contributed by atoms with van der Waals surface area (Å²) in [6, 6.07) is -1.55. The third-order valence-corrected chi connectivity index (χ3v) is 11.2. The van der Waals surface area contributed by atoms with E-state index < -0.39 is 57.6 Å². The van der Waals surface area contributed by atoms with E-state index in [-0.39, 0.29) is 12.8 Å². The number of hydrogen-bond donors (Lipinski definition) is 4. The van der Waals surface area contributed by atoms with Crippen molar-refractivity contribution in [3.8, 4) is 0 Å². The molecule has 0 aliphatic carbocycles. The van der Waals surface area contributed by atoms with Crippen molar-refractivity contribution in [2.75, 3.05) is 19.8 Å². The summed E-state index contributed by atoms with van der Waals surface area (Å²) in [5.74, 6) is -2.39. The number of aliphatic carboxylic acids is 1. The molecule has 4 N–H and O–H groups in total. The van der Waals surface area contributed by atoms with Gasteiger partial charge in [0.2, 0.25) is 5.91 Å². The standard InChI is InChI=1S/C50H88NO10P/c1-3-5-7-9-11-13-15-17-19-21-22-23-24-26-28-30-32-34-36-38-40-42-49(54)59-43-46(52)44-60-62(57,58)61-45-47(50(55)56)51-48(53)41-39-37-35-33-31-29-27-25-20-18-16-14-12-10-8-6-4-2/h6,8,11-14,17-20,46-47,52H,3-5,7,9-10,15-16,21-45H2,1-2H3,(H,51,53)(H,55,56)(H,57,58)/b8-6-,13-11-,14-12-,19-17-,20-18-. The molecular weight excluding hydrogens is 806 g/mol. The van der Waals surface area contributed by atoms with Crippen LogP contribution in [0.2, 0.25) is 0 Å². The predicted molar refractivity (Wildman–Crippen MR) is 254 cm³/mol. The number of nitrogens with one attached hydrogen (secondary N) is 1. The zero-order valence-electron chi connectivity index (χ0n) is 38.9. The fourth-order valence-corrected chi connectivity index (χ4v) is 7.31. The Balaban J connectivity index is 3.85. The van der Waals surface area contributed by atoms with Crippen molar-refractivity contribution in [2.24, 2.45) is 0 Å². The van der Waals surface area contributed by atoms with Crippen LogP contribution in [0.4, 0.5) is 0 Å². The molecule has 0 bridgehead atoms. The van der Waals surface area contributed by atoms with E-state index in [1.165, 1.54) is 77.0 Å². The van der Waals surface area contributed by atoms with Crippen molar-refractivity contribution in [3.05, 3.63) is 60.8 Å². The van der Waals surface area contributed by atoms with Gasteiger partial charge < -0.3 is 25.2 Å². The number of carbonyl (C=O) groups is 3.